The maximum atomic E-state index is 13.7. The monoisotopic (exact) mass is 406 g/mol. The fourth-order valence-corrected chi connectivity index (χ4v) is 3.80. The van der Waals surface area contributed by atoms with Crippen molar-refractivity contribution in [2.75, 3.05) is 11.9 Å². The van der Waals surface area contributed by atoms with Crippen LogP contribution in [0.2, 0.25) is 0 Å². The van der Waals surface area contributed by atoms with Gasteiger partial charge in [0.05, 0.1) is 5.69 Å². The summed E-state index contributed by atoms with van der Waals surface area (Å²) >= 11 is 0. The Balaban J connectivity index is 1.47. The zero-order chi connectivity index (χ0) is 21.1. The van der Waals surface area contributed by atoms with Crippen LogP contribution in [0.4, 0.5) is 10.2 Å². The summed E-state index contributed by atoms with van der Waals surface area (Å²) in [4.78, 5) is 15.8. The van der Waals surface area contributed by atoms with Crippen LogP contribution in [-0.2, 0) is 10.2 Å². The standard InChI is InChI=1S/C22H23FN6O/c23-16-11-22(12-16,18-6-1-2-9-26-18)13-27-19-8-7-17(28-29-19)14-4-3-5-15(10-14)20(24)21(25)30/h1-10,16,20H,11-13,24H2,(H2,25,30)(H,27,29). The summed E-state index contributed by atoms with van der Waals surface area (Å²) in [6.45, 7) is 0.529. The Hall–Kier alpha value is -3.39. The molecule has 1 aromatic carbocycles. The summed E-state index contributed by atoms with van der Waals surface area (Å²) < 4.78 is 13.7. The molecule has 8 heteroatoms. The highest BCUT2D eigenvalue weighted by atomic mass is 19.1. The smallest absolute Gasteiger partial charge is 0.238 e. The van der Waals surface area contributed by atoms with Crippen molar-refractivity contribution in [2.24, 2.45) is 11.5 Å². The molecule has 0 spiro atoms. The van der Waals surface area contributed by atoms with Crippen molar-refractivity contribution < 1.29 is 9.18 Å². The molecule has 5 N–H and O–H groups in total. The predicted molar refractivity (Wildman–Crippen MR) is 112 cm³/mol. The molecule has 1 saturated carbocycles. The molecule has 0 saturated heterocycles. The van der Waals surface area contributed by atoms with E-state index in [1.54, 1.807) is 24.4 Å². The van der Waals surface area contributed by atoms with Crippen molar-refractivity contribution in [3.05, 3.63) is 72.1 Å². The molecule has 0 bridgehead atoms. The van der Waals surface area contributed by atoms with Crippen LogP contribution in [-0.4, -0.2) is 33.8 Å². The number of nitrogens with two attached hydrogens (primary N) is 2. The van der Waals surface area contributed by atoms with Crippen molar-refractivity contribution in [1.29, 1.82) is 0 Å². The highest BCUT2D eigenvalue weighted by Crippen LogP contribution is 2.44. The molecule has 30 heavy (non-hydrogen) atoms. The fourth-order valence-electron chi connectivity index (χ4n) is 3.80. The Morgan fingerprint density at radius 1 is 1.17 bits per heavy atom. The Morgan fingerprint density at radius 2 is 2.00 bits per heavy atom. The number of nitrogens with zero attached hydrogens (tertiary/aromatic N) is 3. The Morgan fingerprint density at radius 3 is 2.63 bits per heavy atom. The number of hydrogen-bond acceptors (Lipinski definition) is 6. The van der Waals surface area contributed by atoms with E-state index < -0.39 is 18.1 Å². The van der Waals surface area contributed by atoms with E-state index in [2.05, 4.69) is 20.5 Å². The zero-order valence-corrected chi connectivity index (χ0v) is 16.3. The van der Waals surface area contributed by atoms with E-state index in [1.807, 2.05) is 36.4 Å². The van der Waals surface area contributed by atoms with Crippen LogP contribution >= 0.6 is 0 Å². The number of carbonyl (C=O) groups is 1. The van der Waals surface area contributed by atoms with E-state index in [0.717, 1.165) is 11.3 Å². The Labute approximate surface area is 173 Å². The third-order valence-electron chi connectivity index (χ3n) is 5.55. The number of carbonyl (C=O) groups excluding carboxylic acids is 1. The third-order valence-corrected chi connectivity index (χ3v) is 5.55. The molecule has 4 rings (SSSR count). The minimum atomic E-state index is -0.872. The van der Waals surface area contributed by atoms with Crippen molar-refractivity contribution in [3.8, 4) is 11.3 Å². The summed E-state index contributed by atoms with van der Waals surface area (Å²) in [6, 6.07) is 15.7. The first-order valence-electron chi connectivity index (χ1n) is 9.75. The molecular formula is C22H23FN6O. The average molecular weight is 406 g/mol. The molecule has 0 radical (unpaired) electrons. The molecular weight excluding hydrogens is 383 g/mol. The predicted octanol–water partition coefficient (Wildman–Crippen LogP) is 2.51. The molecule has 2 aromatic heterocycles. The number of pyridine rings is 1. The number of amides is 1. The lowest BCUT2D eigenvalue weighted by Crippen LogP contribution is -2.48. The summed E-state index contributed by atoms with van der Waals surface area (Å²) in [5.41, 5.74) is 13.7. The topological polar surface area (TPSA) is 120 Å². The van der Waals surface area contributed by atoms with Gasteiger partial charge in [0.1, 0.15) is 18.0 Å². The number of anilines is 1. The molecule has 2 heterocycles. The van der Waals surface area contributed by atoms with Gasteiger partial charge >= 0.3 is 0 Å². The number of hydrogen-bond donors (Lipinski definition) is 3. The Bertz CT molecular complexity index is 1020. The maximum Gasteiger partial charge on any atom is 0.238 e. The van der Waals surface area contributed by atoms with Crippen LogP contribution in [0.3, 0.4) is 0 Å². The number of primary amides is 1. The maximum absolute atomic E-state index is 13.7. The molecule has 1 amide bonds. The zero-order valence-electron chi connectivity index (χ0n) is 16.3. The number of nitrogens with one attached hydrogen (secondary N) is 1. The van der Waals surface area contributed by atoms with Crippen LogP contribution in [0.5, 0.6) is 0 Å². The van der Waals surface area contributed by atoms with Crippen LogP contribution in [0, 0.1) is 0 Å². The molecule has 1 aliphatic carbocycles. The van der Waals surface area contributed by atoms with E-state index in [1.165, 1.54) is 0 Å². The number of rotatable bonds is 7. The van der Waals surface area contributed by atoms with E-state index in [-0.39, 0.29) is 5.41 Å². The van der Waals surface area contributed by atoms with Crippen LogP contribution in [0.25, 0.3) is 11.3 Å². The van der Waals surface area contributed by atoms with Gasteiger partial charge in [0.25, 0.3) is 0 Å². The molecule has 1 unspecified atom stereocenters. The largest absolute Gasteiger partial charge is 0.368 e. The van der Waals surface area contributed by atoms with Crippen molar-refractivity contribution in [1.82, 2.24) is 15.2 Å². The lowest BCUT2D eigenvalue weighted by Gasteiger charge is -2.43. The number of alkyl halides is 1. The van der Waals surface area contributed by atoms with E-state index in [4.69, 9.17) is 11.5 Å². The molecule has 1 aliphatic rings. The second-order valence-electron chi connectivity index (χ2n) is 7.66. The molecule has 7 nitrogen and oxygen atoms in total. The molecule has 1 fully saturated rings. The van der Waals surface area contributed by atoms with E-state index in [0.29, 0.717) is 36.5 Å². The SMILES string of the molecule is NC(=O)C(N)c1cccc(-c2ccc(NCC3(c4ccccn4)CC(F)C3)nn2)c1. The lowest BCUT2D eigenvalue weighted by atomic mass is 9.65. The van der Waals surface area contributed by atoms with Gasteiger partial charge in [-0.05, 0) is 48.7 Å². The lowest BCUT2D eigenvalue weighted by molar-refractivity contribution is -0.119. The number of halogens is 1. The second-order valence-corrected chi connectivity index (χ2v) is 7.66. The van der Waals surface area contributed by atoms with Gasteiger partial charge in [0, 0.05) is 29.4 Å². The molecule has 154 valence electrons. The molecule has 1 atom stereocenters. The van der Waals surface area contributed by atoms with Gasteiger partial charge in [-0.25, -0.2) is 4.39 Å². The quantitative estimate of drug-likeness (QED) is 0.555. The van der Waals surface area contributed by atoms with Crippen molar-refractivity contribution in [3.63, 3.8) is 0 Å². The normalized spacial score (nSPS) is 21.5. The minimum absolute atomic E-state index is 0.333. The van der Waals surface area contributed by atoms with Gasteiger partial charge in [-0.3, -0.25) is 9.78 Å². The van der Waals surface area contributed by atoms with Crippen molar-refractivity contribution in [2.45, 2.75) is 30.5 Å². The summed E-state index contributed by atoms with van der Waals surface area (Å²) in [5.74, 6) is 0.00693. The summed E-state index contributed by atoms with van der Waals surface area (Å²) in [5, 5.41) is 11.8. The highest BCUT2D eigenvalue weighted by molar-refractivity contribution is 5.81. The van der Waals surface area contributed by atoms with E-state index >= 15 is 0 Å². The first-order valence-corrected chi connectivity index (χ1v) is 9.75. The van der Waals surface area contributed by atoms with Gasteiger partial charge in [0.15, 0.2) is 0 Å². The van der Waals surface area contributed by atoms with Crippen LogP contribution in [0.15, 0.2) is 60.8 Å². The van der Waals surface area contributed by atoms with Gasteiger partial charge in [-0.2, -0.15) is 0 Å². The van der Waals surface area contributed by atoms with Crippen molar-refractivity contribution >= 4 is 11.7 Å². The second kappa shape index (κ2) is 8.16. The molecule has 3 aromatic rings. The van der Waals surface area contributed by atoms with Gasteiger partial charge < -0.3 is 16.8 Å². The Kier molecular flexibility index (Phi) is 5.41. The first kappa shape index (κ1) is 19.9. The summed E-state index contributed by atoms with van der Waals surface area (Å²) in [7, 11) is 0. The van der Waals surface area contributed by atoms with Gasteiger partial charge in [0.2, 0.25) is 5.91 Å². The van der Waals surface area contributed by atoms with Crippen LogP contribution < -0.4 is 16.8 Å². The van der Waals surface area contributed by atoms with Gasteiger partial charge in [-0.1, -0.05) is 24.3 Å². The van der Waals surface area contributed by atoms with E-state index in [9.17, 15) is 9.18 Å². The first-order chi connectivity index (χ1) is 14.5. The number of aromatic nitrogens is 3. The third kappa shape index (κ3) is 3.99. The summed E-state index contributed by atoms with van der Waals surface area (Å²) in [6.07, 6.45) is 1.81. The van der Waals surface area contributed by atoms with Gasteiger partial charge in [-0.15, -0.1) is 10.2 Å². The average Bonchev–Trinajstić information content (AvgIpc) is 2.76. The number of benzene rings is 1. The highest BCUT2D eigenvalue weighted by Gasteiger charge is 2.46. The minimum Gasteiger partial charge on any atom is -0.368 e. The molecule has 0 aliphatic heterocycles. The fraction of sp³-hybridized carbons (Fsp3) is 0.273. The van der Waals surface area contributed by atoms with Crippen LogP contribution in [0.1, 0.15) is 30.1 Å².